The van der Waals surface area contributed by atoms with Crippen molar-refractivity contribution in [1.82, 2.24) is 0 Å². The van der Waals surface area contributed by atoms with E-state index in [9.17, 15) is 5.11 Å². The van der Waals surface area contributed by atoms with Gasteiger partial charge in [0.05, 0.1) is 5.75 Å². The fourth-order valence-corrected chi connectivity index (χ4v) is 1.70. The molecule has 2 rings (SSSR count). The lowest BCUT2D eigenvalue weighted by atomic mass is 10.3. The van der Waals surface area contributed by atoms with Crippen molar-refractivity contribution < 1.29 is 5.11 Å². The van der Waals surface area contributed by atoms with Gasteiger partial charge in [0.15, 0.2) is 0 Å². The Labute approximate surface area is 74.8 Å². The van der Waals surface area contributed by atoms with Gasteiger partial charge in [0, 0.05) is 6.21 Å². The molecule has 0 unspecified atom stereocenters. The zero-order chi connectivity index (χ0) is 8.39. The molecule has 1 aliphatic rings. The van der Waals surface area contributed by atoms with E-state index in [1.807, 2.05) is 18.3 Å². The van der Waals surface area contributed by atoms with Gasteiger partial charge < -0.3 is 5.11 Å². The molecule has 0 aromatic heterocycles. The van der Waals surface area contributed by atoms with Crippen LogP contribution in [-0.4, -0.2) is 17.1 Å². The summed E-state index contributed by atoms with van der Waals surface area (Å²) in [5, 5.41) is 13.5. The summed E-state index contributed by atoms with van der Waals surface area (Å²) in [5.41, 5.74) is 0.747. The molecule has 1 N–H and O–H groups in total. The van der Waals surface area contributed by atoms with E-state index in [0.717, 1.165) is 11.4 Å². The molecule has 0 fully saturated rings. The van der Waals surface area contributed by atoms with Crippen LogP contribution in [0.2, 0.25) is 0 Å². The van der Waals surface area contributed by atoms with E-state index in [1.54, 1.807) is 28.5 Å². The Morgan fingerprint density at radius 2 is 2.25 bits per heavy atom. The molecule has 0 bridgehead atoms. The zero-order valence-corrected chi connectivity index (χ0v) is 7.16. The molecule has 3 nitrogen and oxygen atoms in total. The van der Waals surface area contributed by atoms with E-state index in [2.05, 4.69) is 5.10 Å². The molecule has 0 saturated carbocycles. The minimum atomic E-state index is 0.268. The molecule has 0 spiro atoms. The molecule has 1 aromatic rings. The number of hydrogen-bond acceptors (Lipinski definition) is 4. The van der Waals surface area contributed by atoms with Crippen LogP contribution in [0.3, 0.4) is 0 Å². The number of phenolic OH excluding ortho intramolecular Hbond substituents is 1. The van der Waals surface area contributed by atoms with Crippen molar-refractivity contribution in [3.05, 3.63) is 24.3 Å². The minimum Gasteiger partial charge on any atom is -0.506 e. The molecule has 1 heterocycles. The number of rotatable bonds is 1. The van der Waals surface area contributed by atoms with Gasteiger partial charge in [0.1, 0.15) is 11.4 Å². The molecule has 0 amide bonds. The highest BCUT2D eigenvalue weighted by Gasteiger charge is 2.12. The molecular weight excluding hydrogens is 172 g/mol. The second-order valence-corrected chi connectivity index (χ2v) is 3.29. The van der Waals surface area contributed by atoms with Crippen LogP contribution in [-0.2, 0) is 0 Å². The van der Waals surface area contributed by atoms with Crippen molar-refractivity contribution in [2.45, 2.75) is 0 Å². The molecule has 4 heteroatoms. The summed E-state index contributed by atoms with van der Waals surface area (Å²) in [5.74, 6) is 1.14. The van der Waals surface area contributed by atoms with Crippen LogP contribution in [0.1, 0.15) is 0 Å². The third kappa shape index (κ3) is 1.25. The van der Waals surface area contributed by atoms with Gasteiger partial charge in [-0.25, -0.2) is 4.41 Å². The average Bonchev–Trinajstić information content (AvgIpc) is 2.57. The summed E-state index contributed by atoms with van der Waals surface area (Å²) in [6.07, 6.45) is 1.82. The van der Waals surface area contributed by atoms with Gasteiger partial charge in [-0.2, -0.15) is 5.10 Å². The topological polar surface area (TPSA) is 35.8 Å². The molecule has 0 radical (unpaired) electrons. The predicted octanol–water partition coefficient (Wildman–Crippen LogP) is 1.85. The fourth-order valence-electron chi connectivity index (χ4n) is 1.00. The van der Waals surface area contributed by atoms with Crippen molar-refractivity contribution in [3.63, 3.8) is 0 Å². The van der Waals surface area contributed by atoms with Gasteiger partial charge in [-0.05, 0) is 24.1 Å². The van der Waals surface area contributed by atoms with Crippen molar-refractivity contribution in [3.8, 4) is 5.75 Å². The minimum absolute atomic E-state index is 0.268. The van der Waals surface area contributed by atoms with Crippen molar-refractivity contribution in [1.29, 1.82) is 0 Å². The van der Waals surface area contributed by atoms with Crippen LogP contribution >= 0.6 is 11.9 Å². The fraction of sp³-hybridized carbons (Fsp3) is 0.125. The highest BCUT2D eigenvalue weighted by atomic mass is 32.2. The van der Waals surface area contributed by atoms with Crippen molar-refractivity contribution in [2.75, 3.05) is 10.2 Å². The largest absolute Gasteiger partial charge is 0.506 e. The summed E-state index contributed by atoms with van der Waals surface area (Å²) in [7, 11) is 0. The van der Waals surface area contributed by atoms with E-state index in [1.165, 1.54) is 0 Å². The molecule has 0 aliphatic carbocycles. The summed E-state index contributed by atoms with van der Waals surface area (Å²) in [4.78, 5) is 0. The smallest absolute Gasteiger partial charge is 0.141 e. The maximum Gasteiger partial charge on any atom is 0.141 e. The predicted molar refractivity (Wildman–Crippen MR) is 51.5 cm³/mol. The number of hydrogen-bond donors (Lipinski definition) is 1. The molecule has 12 heavy (non-hydrogen) atoms. The van der Waals surface area contributed by atoms with E-state index in [-0.39, 0.29) is 5.75 Å². The van der Waals surface area contributed by atoms with Gasteiger partial charge in [-0.1, -0.05) is 12.1 Å². The normalized spacial score (nSPS) is 15.5. The molecule has 0 atom stereocenters. The first-order valence-electron chi connectivity index (χ1n) is 3.61. The second kappa shape index (κ2) is 3.06. The first-order valence-corrected chi connectivity index (χ1v) is 4.55. The monoisotopic (exact) mass is 180 g/mol. The Bertz CT molecular complexity index is 314. The molecule has 1 aliphatic heterocycles. The lowest BCUT2D eigenvalue weighted by Gasteiger charge is -2.12. The number of phenols is 1. The first-order chi connectivity index (χ1) is 5.88. The maximum absolute atomic E-state index is 9.44. The second-order valence-electron chi connectivity index (χ2n) is 2.36. The van der Waals surface area contributed by atoms with Crippen LogP contribution < -0.4 is 4.41 Å². The Morgan fingerprint density at radius 1 is 1.42 bits per heavy atom. The highest BCUT2D eigenvalue weighted by molar-refractivity contribution is 8.01. The van der Waals surface area contributed by atoms with Crippen LogP contribution in [0.4, 0.5) is 5.69 Å². The van der Waals surface area contributed by atoms with E-state index in [4.69, 9.17) is 0 Å². The third-order valence-electron chi connectivity index (χ3n) is 1.55. The summed E-state index contributed by atoms with van der Waals surface area (Å²) in [6, 6.07) is 7.17. The maximum atomic E-state index is 9.44. The standard InChI is InChI=1S/C8H8N2OS/c11-8-4-2-1-3-7(8)10-9-5-6-12-10/h1-5,11H,6H2. The number of benzene rings is 1. The quantitative estimate of drug-likeness (QED) is 0.670. The zero-order valence-electron chi connectivity index (χ0n) is 6.34. The van der Waals surface area contributed by atoms with Crippen molar-refractivity contribution >= 4 is 23.8 Å². The van der Waals surface area contributed by atoms with Gasteiger partial charge in [0.25, 0.3) is 0 Å². The molecule has 1 aromatic carbocycles. The van der Waals surface area contributed by atoms with Gasteiger partial charge in [-0.3, -0.25) is 0 Å². The van der Waals surface area contributed by atoms with Gasteiger partial charge >= 0.3 is 0 Å². The average molecular weight is 180 g/mol. The summed E-state index contributed by atoms with van der Waals surface area (Å²) in [6.45, 7) is 0. The number of anilines is 1. The number of para-hydroxylation sites is 2. The molecular formula is C8H8N2OS. The summed E-state index contributed by atoms with van der Waals surface area (Å²) < 4.78 is 1.72. The van der Waals surface area contributed by atoms with E-state index >= 15 is 0 Å². The SMILES string of the molecule is Oc1ccccc1N1N=CCS1. The number of aromatic hydroxyl groups is 1. The first kappa shape index (κ1) is 7.49. The Hall–Kier alpha value is -1.16. The summed E-state index contributed by atoms with van der Waals surface area (Å²) >= 11 is 1.56. The van der Waals surface area contributed by atoms with Gasteiger partial charge in [0.2, 0.25) is 0 Å². The molecule has 0 saturated heterocycles. The highest BCUT2D eigenvalue weighted by Crippen LogP contribution is 2.32. The lowest BCUT2D eigenvalue weighted by molar-refractivity contribution is 0.476. The Balaban J connectivity index is 2.33. The van der Waals surface area contributed by atoms with E-state index in [0.29, 0.717) is 0 Å². The van der Waals surface area contributed by atoms with Crippen LogP contribution in [0.5, 0.6) is 5.75 Å². The number of hydrazone groups is 1. The van der Waals surface area contributed by atoms with Crippen LogP contribution in [0.15, 0.2) is 29.4 Å². The van der Waals surface area contributed by atoms with Crippen LogP contribution in [0.25, 0.3) is 0 Å². The van der Waals surface area contributed by atoms with Crippen LogP contribution in [0, 0.1) is 0 Å². The van der Waals surface area contributed by atoms with Crippen molar-refractivity contribution in [2.24, 2.45) is 5.10 Å². The molecule has 62 valence electrons. The third-order valence-corrected chi connectivity index (χ3v) is 2.38. The van der Waals surface area contributed by atoms with E-state index < -0.39 is 0 Å². The van der Waals surface area contributed by atoms with Gasteiger partial charge in [-0.15, -0.1) is 0 Å². The number of nitrogens with zero attached hydrogens (tertiary/aromatic N) is 2. The lowest BCUT2D eigenvalue weighted by Crippen LogP contribution is -2.00. The Kier molecular flexibility index (Phi) is 1.91. The Morgan fingerprint density at radius 3 is 2.92 bits per heavy atom.